The topological polar surface area (TPSA) is 63.1 Å². The molecule has 1 aromatic carbocycles. The molecule has 24 heavy (non-hydrogen) atoms. The number of amides is 1. The average molecular weight is 327 g/mol. The van der Waals surface area contributed by atoms with Gasteiger partial charge in [-0.05, 0) is 18.9 Å². The number of nitrogens with zero attached hydrogens (tertiary/aromatic N) is 4. The van der Waals surface area contributed by atoms with Crippen LogP contribution in [0.25, 0.3) is 0 Å². The van der Waals surface area contributed by atoms with Crippen molar-refractivity contribution in [2.45, 2.75) is 44.8 Å². The number of nitrogens with one attached hydrogen (secondary N) is 1. The number of hydrogen-bond donors (Lipinski definition) is 1. The van der Waals surface area contributed by atoms with Gasteiger partial charge < -0.3 is 5.32 Å². The van der Waals surface area contributed by atoms with Gasteiger partial charge in [-0.2, -0.15) is 15.0 Å². The maximum absolute atomic E-state index is 12.2. The van der Waals surface area contributed by atoms with E-state index in [1.165, 1.54) is 10.4 Å². The minimum Gasteiger partial charge on any atom is -0.352 e. The monoisotopic (exact) mass is 327 g/mol. The van der Waals surface area contributed by atoms with Gasteiger partial charge in [0.2, 0.25) is 5.91 Å². The Kier molecular flexibility index (Phi) is 5.25. The predicted molar refractivity (Wildman–Crippen MR) is 92.2 cm³/mol. The number of rotatable bonds is 6. The fraction of sp³-hybridized carbons (Fsp3) is 0.500. The van der Waals surface area contributed by atoms with Gasteiger partial charge in [-0.3, -0.25) is 9.69 Å². The van der Waals surface area contributed by atoms with Gasteiger partial charge in [0.1, 0.15) is 0 Å². The minimum absolute atomic E-state index is 0.0964. The summed E-state index contributed by atoms with van der Waals surface area (Å²) in [5.41, 5.74) is 2.18. The van der Waals surface area contributed by atoms with Crippen molar-refractivity contribution in [1.82, 2.24) is 25.2 Å². The number of carbonyl (C=O) groups is 1. The molecule has 1 aliphatic rings. The summed E-state index contributed by atoms with van der Waals surface area (Å²) in [6, 6.07) is 11.1. The second-order valence-corrected chi connectivity index (χ2v) is 6.48. The molecule has 6 heteroatoms. The third kappa shape index (κ3) is 4.20. The SMILES string of the molecule is CC1C(NC(=O)CCc2cnn(C)n2)CCN1Cc1ccccc1. The lowest BCUT2D eigenvalue weighted by Gasteiger charge is -2.25. The van der Waals surface area contributed by atoms with Crippen molar-refractivity contribution in [2.24, 2.45) is 7.05 Å². The second-order valence-electron chi connectivity index (χ2n) is 6.48. The summed E-state index contributed by atoms with van der Waals surface area (Å²) in [5.74, 6) is 0.0964. The Bertz CT molecular complexity index is 669. The number of aromatic nitrogens is 3. The van der Waals surface area contributed by atoms with E-state index in [9.17, 15) is 4.79 Å². The number of carbonyl (C=O) groups excluding carboxylic acids is 1. The fourth-order valence-corrected chi connectivity index (χ4v) is 3.26. The molecule has 1 N–H and O–H groups in total. The van der Waals surface area contributed by atoms with Crippen LogP contribution < -0.4 is 5.32 Å². The molecule has 1 fully saturated rings. The molecule has 1 aliphatic heterocycles. The molecule has 2 atom stereocenters. The summed E-state index contributed by atoms with van der Waals surface area (Å²) < 4.78 is 0. The zero-order chi connectivity index (χ0) is 16.9. The molecule has 0 bridgehead atoms. The first-order valence-corrected chi connectivity index (χ1v) is 8.54. The first-order chi connectivity index (χ1) is 11.6. The van der Waals surface area contributed by atoms with Crippen LogP contribution in [-0.4, -0.2) is 44.4 Å². The Morgan fingerprint density at radius 2 is 2.12 bits per heavy atom. The highest BCUT2D eigenvalue weighted by atomic mass is 16.1. The maximum atomic E-state index is 12.2. The lowest BCUT2D eigenvalue weighted by molar-refractivity contribution is -0.121. The number of hydrogen-bond acceptors (Lipinski definition) is 4. The molecule has 2 aromatic rings. The third-order valence-electron chi connectivity index (χ3n) is 4.72. The molecular formula is C18H25N5O. The van der Waals surface area contributed by atoms with E-state index in [-0.39, 0.29) is 11.9 Å². The number of likely N-dealkylation sites (tertiary alicyclic amines) is 1. The van der Waals surface area contributed by atoms with Crippen molar-refractivity contribution >= 4 is 5.91 Å². The molecule has 0 radical (unpaired) electrons. The summed E-state index contributed by atoms with van der Waals surface area (Å²) >= 11 is 0. The Balaban J connectivity index is 1.46. The van der Waals surface area contributed by atoms with Crippen LogP contribution in [0.15, 0.2) is 36.5 Å². The highest BCUT2D eigenvalue weighted by Gasteiger charge is 2.31. The van der Waals surface area contributed by atoms with Gasteiger partial charge in [0.25, 0.3) is 0 Å². The molecule has 2 heterocycles. The molecule has 0 saturated carbocycles. The van der Waals surface area contributed by atoms with E-state index in [2.05, 4.69) is 51.6 Å². The van der Waals surface area contributed by atoms with Crippen molar-refractivity contribution in [3.8, 4) is 0 Å². The number of benzene rings is 1. The van der Waals surface area contributed by atoms with E-state index in [4.69, 9.17) is 0 Å². The van der Waals surface area contributed by atoms with Crippen LogP contribution >= 0.6 is 0 Å². The zero-order valence-corrected chi connectivity index (χ0v) is 14.4. The van der Waals surface area contributed by atoms with Gasteiger partial charge in [0.15, 0.2) is 0 Å². The molecule has 2 unspecified atom stereocenters. The minimum atomic E-state index is 0.0964. The Hall–Kier alpha value is -2.21. The molecule has 1 aromatic heterocycles. The molecule has 0 spiro atoms. The van der Waals surface area contributed by atoms with Crippen LogP contribution in [0.5, 0.6) is 0 Å². The Labute approximate surface area is 142 Å². The van der Waals surface area contributed by atoms with Crippen LogP contribution in [0.1, 0.15) is 31.0 Å². The van der Waals surface area contributed by atoms with Crippen LogP contribution in [0.3, 0.4) is 0 Å². The van der Waals surface area contributed by atoms with Gasteiger partial charge in [0.05, 0.1) is 11.9 Å². The summed E-state index contributed by atoms with van der Waals surface area (Å²) in [6.07, 6.45) is 3.81. The van der Waals surface area contributed by atoms with Crippen molar-refractivity contribution in [3.05, 3.63) is 47.8 Å². The van der Waals surface area contributed by atoms with Gasteiger partial charge >= 0.3 is 0 Å². The lowest BCUT2D eigenvalue weighted by Crippen LogP contribution is -2.43. The maximum Gasteiger partial charge on any atom is 0.220 e. The first kappa shape index (κ1) is 16.6. The van der Waals surface area contributed by atoms with Gasteiger partial charge in [0, 0.05) is 45.1 Å². The summed E-state index contributed by atoms with van der Waals surface area (Å²) in [6.45, 7) is 4.16. The molecule has 0 aliphatic carbocycles. The highest BCUT2D eigenvalue weighted by molar-refractivity contribution is 5.76. The molecule has 1 amide bonds. The van der Waals surface area contributed by atoms with E-state index in [1.54, 1.807) is 13.2 Å². The van der Waals surface area contributed by atoms with Gasteiger partial charge in [-0.15, -0.1) is 0 Å². The van der Waals surface area contributed by atoms with E-state index >= 15 is 0 Å². The second kappa shape index (κ2) is 7.57. The van der Waals surface area contributed by atoms with Crippen LogP contribution in [0.2, 0.25) is 0 Å². The first-order valence-electron chi connectivity index (χ1n) is 8.54. The van der Waals surface area contributed by atoms with Crippen LogP contribution in [0, 0.1) is 0 Å². The van der Waals surface area contributed by atoms with Crippen molar-refractivity contribution in [3.63, 3.8) is 0 Å². The van der Waals surface area contributed by atoms with E-state index in [0.29, 0.717) is 18.9 Å². The number of aryl methyl sites for hydroxylation is 2. The Morgan fingerprint density at radius 1 is 1.33 bits per heavy atom. The molecule has 3 rings (SSSR count). The molecule has 1 saturated heterocycles. The third-order valence-corrected chi connectivity index (χ3v) is 4.72. The summed E-state index contributed by atoms with van der Waals surface area (Å²) in [5, 5.41) is 11.4. The van der Waals surface area contributed by atoms with Crippen molar-refractivity contribution in [2.75, 3.05) is 6.54 Å². The summed E-state index contributed by atoms with van der Waals surface area (Å²) in [7, 11) is 1.78. The zero-order valence-electron chi connectivity index (χ0n) is 14.4. The smallest absolute Gasteiger partial charge is 0.220 e. The van der Waals surface area contributed by atoms with Crippen LogP contribution in [0.4, 0.5) is 0 Å². The normalized spacial score (nSPS) is 21.1. The molecular weight excluding hydrogens is 302 g/mol. The highest BCUT2D eigenvalue weighted by Crippen LogP contribution is 2.20. The Morgan fingerprint density at radius 3 is 2.83 bits per heavy atom. The average Bonchev–Trinajstić information content (AvgIpc) is 3.14. The lowest BCUT2D eigenvalue weighted by atomic mass is 10.1. The standard InChI is InChI=1S/C18H25N5O/c1-14-17(10-11-23(14)13-15-6-4-3-5-7-15)20-18(24)9-8-16-12-19-22(2)21-16/h3-7,12,14,17H,8-11,13H2,1-2H3,(H,20,24). The van der Waals surface area contributed by atoms with E-state index in [1.807, 2.05) is 6.07 Å². The van der Waals surface area contributed by atoms with E-state index < -0.39 is 0 Å². The van der Waals surface area contributed by atoms with Crippen molar-refractivity contribution < 1.29 is 4.79 Å². The van der Waals surface area contributed by atoms with Crippen LogP contribution in [-0.2, 0) is 24.8 Å². The largest absolute Gasteiger partial charge is 0.352 e. The van der Waals surface area contributed by atoms with E-state index in [0.717, 1.165) is 25.2 Å². The summed E-state index contributed by atoms with van der Waals surface area (Å²) in [4.78, 5) is 16.2. The quantitative estimate of drug-likeness (QED) is 0.874. The molecule has 6 nitrogen and oxygen atoms in total. The van der Waals surface area contributed by atoms with Crippen molar-refractivity contribution in [1.29, 1.82) is 0 Å². The predicted octanol–water partition coefficient (Wildman–Crippen LogP) is 1.53. The fourth-order valence-electron chi connectivity index (χ4n) is 3.26. The van der Waals surface area contributed by atoms with Gasteiger partial charge in [-0.25, -0.2) is 0 Å². The van der Waals surface area contributed by atoms with Gasteiger partial charge in [-0.1, -0.05) is 30.3 Å². The molecule has 128 valence electrons.